The van der Waals surface area contributed by atoms with Crippen molar-refractivity contribution < 1.29 is 14.4 Å². The lowest BCUT2D eigenvalue weighted by Crippen LogP contribution is -2.54. The van der Waals surface area contributed by atoms with E-state index in [9.17, 15) is 14.4 Å². The predicted molar refractivity (Wildman–Crippen MR) is 119 cm³/mol. The number of hydrogen-bond donors (Lipinski definition) is 2. The van der Waals surface area contributed by atoms with E-state index in [1.807, 2.05) is 24.3 Å². The third-order valence-corrected chi connectivity index (χ3v) is 5.17. The summed E-state index contributed by atoms with van der Waals surface area (Å²) in [5, 5.41) is 3.82. The summed E-state index contributed by atoms with van der Waals surface area (Å²) in [6.07, 6.45) is 3.17. The molecule has 1 saturated heterocycles. The first kappa shape index (κ1) is 19.8. The first-order valence-electron chi connectivity index (χ1n) is 8.88. The molecule has 30 heavy (non-hydrogen) atoms. The molecule has 1 aliphatic rings. The number of nitrogens with one attached hydrogen (secondary N) is 1. The van der Waals surface area contributed by atoms with Crippen molar-refractivity contribution in [1.82, 2.24) is 9.88 Å². The number of nitrogens with zero attached hydrogens (tertiary/aromatic N) is 2. The Balaban J connectivity index is 1.80. The molecule has 9 heteroatoms. The lowest BCUT2D eigenvalue weighted by molar-refractivity contribution is -0.122. The maximum atomic E-state index is 13.2. The molecule has 1 aliphatic heterocycles. The zero-order chi connectivity index (χ0) is 21.4. The van der Waals surface area contributed by atoms with Gasteiger partial charge >= 0.3 is 0 Å². The maximum Gasteiger partial charge on any atom is 0.270 e. The number of nitrogens with two attached hydrogens (primary N) is 1. The van der Waals surface area contributed by atoms with Crippen LogP contribution in [0.15, 0.2) is 60.3 Å². The molecule has 3 N–H and O–H groups in total. The summed E-state index contributed by atoms with van der Waals surface area (Å²) in [6.45, 7) is -0.0230. The van der Waals surface area contributed by atoms with Crippen LogP contribution in [0.1, 0.15) is 5.56 Å². The van der Waals surface area contributed by atoms with Gasteiger partial charge in [0.25, 0.3) is 11.8 Å². The van der Waals surface area contributed by atoms with Gasteiger partial charge in [0.15, 0.2) is 5.11 Å². The van der Waals surface area contributed by atoms with Crippen LogP contribution in [0.5, 0.6) is 0 Å². The first-order valence-corrected chi connectivity index (χ1v) is 9.67. The van der Waals surface area contributed by atoms with Crippen LogP contribution in [-0.2, 0) is 20.9 Å². The number of anilines is 1. The fraction of sp³-hybridized carbons (Fsp3) is 0.0476. The van der Waals surface area contributed by atoms with E-state index in [4.69, 9.17) is 29.6 Å². The standard InChI is InChI=1S/C21H15ClN4O3S/c22-13-5-7-14(8-6-13)26-20(29)16(19(28)24-21(26)30)9-12-10-25(11-18(23)27)17-4-2-1-3-15(12)17/h1-10H,11H2,(H2,23,27)(H,24,28,30). The predicted octanol–water partition coefficient (Wildman–Crippen LogP) is 2.61. The van der Waals surface area contributed by atoms with Gasteiger partial charge in [-0.05, 0) is 48.6 Å². The number of halogens is 1. The van der Waals surface area contributed by atoms with E-state index < -0.39 is 17.7 Å². The van der Waals surface area contributed by atoms with Crippen molar-refractivity contribution in [2.45, 2.75) is 6.54 Å². The summed E-state index contributed by atoms with van der Waals surface area (Å²) < 4.78 is 1.68. The molecule has 0 spiro atoms. The van der Waals surface area contributed by atoms with Gasteiger partial charge in [0.2, 0.25) is 5.91 Å². The Bertz CT molecular complexity index is 1250. The topological polar surface area (TPSA) is 97.4 Å². The average molecular weight is 439 g/mol. The highest BCUT2D eigenvalue weighted by atomic mass is 35.5. The Morgan fingerprint density at radius 2 is 1.83 bits per heavy atom. The van der Waals surface area contributed by atoms with Gasteiger partial charge in [0, 0.05) is 27.7 Å². The molecule has 150 valence electrons. The number of hydrogen-bond acceptors (Lipinski definition) is 4. The molecule has 0 atom stereocenters. The molecule has 3 aromatic rings. The van der Waals surface area contributed by atoms with Crippen molar-refractivity contribution >= 4 is 69.3 Å². The quantitative estimate of drug-likeness (QED) is 0.371. The fourth-order valence-corrected chi connectivity index (χ4v) is 3.73. The van der Waals surface area contributed by atoms with Crippen LogP contribution in [0, 0.1) is 0 Å². The summed E-state index contributed by atoms with van der Waals surface area (Å²) in [7, 11) is 0. The average Bonchev–Trinajstić information content (AvgIpc) is 3.03. The number of fused-ring (bicyclic) bond motifs is 1. The van der Waals surface area contributed by atoms with Crippen LogP contribution in [0.2, 0.25) is 5.02 Å². The number of aromatic nitrogens is 1. The highest BCUT2D eigenvalue weighted by Crippen LogP contribution is 2.27. The molecule has 0 radical (unpaired) electrons. The Morgan fingerprint density at radius 3 is 2.53 bits per heavy atom. The Labute approximate surface area is 181 Å². The minimum absolute atomic E-state index is 0.0133. The van der Waals surface area contributed by atoms with Crippen molar-refractivity contribution in [2.75, 3.05) is 4.90 Å². The summed E-state index contributed by atoms with van der Waals surface area (Å²) >= 11 is 11.1. The normalized spacial score (nSPS) is 15.7. The van der Waals surface area contributed by atoms with E-state index in [0.29, 0.717) is 16.3 Å². The van der Waals surface area contributed by atoms with E-state index in [-0.39, 0.29) is 17.2 Å². The molecule has 0 aliphatic carbocycles. The summed E-state index contributed by atoms with van der Waals surface area (Å²) in [5.74, 6) is -1.65. The van der Waals surface area contributed by atoms with Gasteiger partial charge in [-0.15, -0.1) is 0 Å². The fourth-order valence-electron chi connectivity index (χ4n) is 3.33. The molecule has 7 nitrogen and oxygen atoms in total. The number of thiocarbonyl (C=S) groups is 1. The first-order chi connectivity index (χ1) is 14.3. The van der Waals surface area contributed by atoms with Crippen molar-refractivity contribution in [2.24, 2.45) is 5.73 Å². The van der Waals surface area contributed by atoms with Gasteiger partial charge in [-0.1, -0.05) is 29.8 Å². The van der Waals surface area contributed by atoms with Crippen LogP contribution in [0.4, 0.5) is 5.69 Å². The summed E-state index contributed by atoms with van der Waals surface area (Å²) in [4.78, 5) is 38.4. The second-order valence-electron chi connectivity index (χ2n) is 6.63. The van der Waals surface area contributed by atoms with Gasteiger partial charge in [-0.3, -0.25) is 24.6 Å². The number of benzene rings is 2. The van der Waals surface area contributed by atoms with Crippen molar-refractivity contribution in [3.8, 4) is 0 Å². The van der Waals surface area contributed by atoms with Gasteiger partial charge in [0.05, 0.1) is 5.69 Å². The van der Waals surface area contributed by atoms with Crippen molar-refractivity contribution in [1.29, 1.82) is 0 Å². The lowest BCUT2D eigenvalue weighted by Gasteiger charge is -2.28. The van der Waals surface area contributed by atoms with Crippen LogP contribution in [0.25, 0.3) is 17.0 Å². The molecule has 2 aromatic carbocycles. The lowest BCUT2D eigenvalue weighted by atomic mass is 10.1. The molecule has 1 fully saturated rings. The van der Waals surface area contributed by atoms with Gasteiger partial charge in [0.1, 0.15) is 12.1 Å². The van der Waals surface area contributed by atoms with E-state index in [0.717, 1.165) is 10.9 Å². The maximum absolute atomic E-state index is 13.2. The molecule has 1 aromatic heterocycles. The monoisotopic (exact) mass is 438 g/mol. The van der Waals surface area contributed by atoms with E-state index in [1.54, 1.807) is 35.0 Å². The number of carbonyl (C=O) groups is 3. The molecular formula is C21H15ClN4O3S. The summed E-state index contributed by atoms with van der Waals surface area (Å²) in [5.41, 5.74) is 7.10. The van der Waals surface area contributed by atoms with Gasteiger partial charge in [-0.25, -0.2) is 0 Å². The molecular weight excluding hydrogens is 424 g/mol. The number of amides is 3. The molecule has 0 bridgehead atoms. The SMILES string of the molecule is NC(=O)Cn1cc(C=C2C(=O)NC(=S)N(c3ccc(Cl)cc3)C2=O)c2ccccc21. The third kappa shape index (κ3) is 3.58. The Kier molecular flexibility index (Phi) is 5.11. The minimum atomic E-state index is -0.595. The highest BCUT2D eigenvalue weighted by molar-refractivity contribution is 7.80. The van der Waals surface area contributed by atoms with Crippen molar-refractivity contribution in [3.63, 3.8) is 0 Å². The molecule has 0 unspecified atom stereocenters. The molecule has 0 saturated carbocycles. The van der Waals surface area contributed by atoms with Crippen LogP contribution in [-0.4, -0.2) is 27.4 Å². The number of para-hydroxylation sites is 1. The van der Waals surface area contributed by atoms with Gasteiger partial charge in [-0.2, -0.15) is 0 Å². The molecule has 3 amide bonds. The third-order valence-electron chi connectivity index (χ3n) is 4.63. The summed E-state index contributed by atoms with van der Waals surface area (Å²) in [6, 6.07) is 13.9. The Hall–Kier alpha value is -3.49. The molecule has 4 rings (SSSR count). The van der Waals surface area contributed by atoms with E-state index in [1.165, 1.54) is 11.0 Å². The zero-order valence-electron chi connectivity index (χ0n) is 15.5. The van der Waals surface area contributed by atoms with Crippen LogP contribution < -0.4 is 16.0 Å². The minimum Gasteiger partial charge on any atom is -0.368 e. The second-order valence-corrected chi connectivity index (χ2v) is 7.45. The number of rotatable bonds is 4. The largest absolute Gasteiger partial charge is 0.368 e. The smallest absolute Gasteiger partial charge is 0.270 e. The number of carbonyl (C=O) groups excluding carboxylic acids is 3. The second kappa shape index (κ2) is 7.74. The van der Waals surface area contributed by atoms with Gasteiger partial charge < -0.3 is 10.3 Å². The molecule has 2 heterocycles. The Morgan fingerprint density at radius 1 is 1.13 bits per heavy atom. The highest BCUT2D eigenvalue weighted by Gasteiger charge is 2.34. The van der Waals surface area contributed by atoms with Crippen LogP contribution >= 0.6 is 23.8 Å². The van der Waals surface area contributed by atoms with E-state index >= 15 is 0 Å². The van der Waals surface area contributed by atoms with Crippen LogP contribution in [0.3, 0.4) is 0 Å². The van der Waals surface area contributed by atoms with E-state index in [2.05, 4.69) is 5.32 Å². The zero-order valence-corrected chi connectivity index (χ0v) is 17.0. The number of primary amides is 1. The van der Waals surface area contributed by atoms with Crippen molar-refractivity contribution in [3.05, 3.63) is 70.9 Å².